The highest BCUT2D eigenvalue weighted by Gasteiger charge is 2.22. The molecule has 0 bridgehead atoms. The number of hydrogen-bond acceptors (Lipinski definition) is 4. The van der Waals surface area contributed by atoms with Gasteiger partial charge in [-0.15, -0.1) is 0 Å². The Bertz CT molecular complexity index is 1210. The number of fused-ring (bicyclic) bond motifs is 1. The average Bonchev–Trinajstić information content (AvgIpc) is 3.22. The normalized spacial score (nSPS) is 13.5. The van der Waals surface area contributed by atoms with Crippen LogP contribution in [0.4, 0.5) is 11.4 Å². The molecule has 2 aromatic carbocycles. The number of aromatic carboxylic acids is 1. The first kappa shape index (κ1) is 17.3. The zero-order chi connectivity index (χ0) is 19.8. The van der Waals surface area contributed by atoms with E-state index in [1.165, 1.54) is 12.1 Å². The number of aryl methyl sites for hydroxylation is 1. The molecule has 0 aliphatic carbocycles. The summed E-state index contributed by atoms with van der Waals surface area (Å²) in [6, 6.07) is 12.3. The largest absolute Gasteiger partial charge is 0.489 e. The fourth-order valence-electron chi connectivity index (χ4n) is 3.11. The average molecular weight is 370 g/mol. The quantitative estimate of drug-likeness (QED) is 0.599. The molecule has 0 saturated heterocycles. The second-order valence-corrected chi connectivity index (χ2v) is 6.37. The van der Waals surface area contributed by atoms with Gasteiger partial charge in [-0.1, -0.05) is 35.9 Å². The molecule has 0 unspecified atom stereocenters. The monoisotopic (exact) mass is 370 g/mol. The molecule has 3 aromatic rings. The second kappa shape index (κ2) is 6.56. The van der Waals surface area contributed by atoms with E-state index in [4.69, 9.17) is 16.1 Å². The maximum atomic E-state index is 11.1. The van der Waals surface area contributed by atoms with E-state index in [0.717, 1.165) is 16.7 Å². The van der Waals surface area contributed by atoms with Crippen LogP contribution in [0.1, 0.15) is 27.2 Å². The van der Waals surface area contributed by atoms with E-state index in [1.54, 1.807) is 18.4 Å². The molecular formula is C22H14N2O4. The van der Waals surface area contributed by atoms with Crippen molar-refractivity contribution in [3.05, 3.63) is 76.3 Å². The van der Waals surface area contributed by atoms with E-state index in [1.807, 2.05) is 31.2 Å². The van der Waals surface area contributed by atoms with E-state index in [2.05, 4.69) is 9.84 Å². The minimum absolute atomic E-state index is 0.0482. The van der Waals surface area contributed by atoms with Gasteiger partial charge in [0.05, 0.1) is 17.8 Å². The molecule has 2 heterocycles. The first-order valence-corrected chi connectivity index (χ1v) is 8.41. The second-order valence-electron chi connectivity index (χ2n) is 6.37. The SMILES string of the molecule is [C-]#[N+]c1c(O)oc(/C=C2/C=Nc3cc(C(=O)O)ccc32)c1-c1ccc(C)cc1. The van der Waals surface area contributed by atoms with Gasteiger partial charge in [-0.25, -0.2) is 9.64 Å². The number of aliphatic imine (C=N–C) groups is 1. The van der Waals surface area contributed by atoms with Gasteiger partial charge in [0.1, 0.15) is 5.76 Å². The Labute approximate surface area is 160 Å². The number of rotatable bonds is 3. The number of carboxylic acids is 1. The zero-order valence-electron chi connectivity index (χ0n) is 14.8. The van der Waals surface area contributed by atoms with Crippen LogP contribution in [0.15, 0.2) is 51.9 Å². The van der Waals surface area contributed by atoms with Crippen LogP contribution < -0.4 is 0 Å². The predicted octanol–water partition coefficient (Wildman–Crippen LogP) is 5.47. The number of carbonyl (C=O) groups is 1. The van der Waals surface area contributed by atoms with Gasteiger partial charge in [-0.3, -0.25) is 4.99 Å². The van der Waals surface area contributed by atoms with Gasteiger partial charge >= 0.3 is 5.97 Å². The number of carboxylic acid groups (broad SMARTS) is 1. The van der Waals surface area contributed by atoms with Gasteiger partial charge < -0.3 is 14.6 Å². The van der Waals surface area contributed by atoms with Crippen LogP contribution in [-0.2, 0) is 0 Å². The summed E-state index contributed by atoms with van der Waals surface area (Å²) < 4.78 is 5.47. The molecule has 28 heavy (non-hydrogen) atoms. The maximum Gasteiger partial charge on any atom is 0.335 e. The van der Waals surface area contributed by atoms with Gasteiger partial charge in [0, 0.05) is 22.9 Å². The number of allylic oxidation sites excluding steroid dienone is 1. The van der Waals surface area contributed by atoms with Crippen molar-refractivity contribution >= 4 is 35.2 Å². The van der Waals surface area contributed by atoms with Crippen molar-refractivity contribution in [2.24, 2.45) is 4.99 Å². The molecule has 0 fully saturated rings. The molecule has 0 atom stereocenters. The van der Waals surface area contributed by atoms with Gasteiger partial charge in [-0.2, -0.15) is 0 Å². The van der Waals surface area contributed by atoms with Crippen LogP contribution in [-0.4, -0.2) is 22.4 Å². The first-order valence-electron chi connectivity index (χ1n) is 8.41. The summed E-state index contributed by atoms with van der Waals surface area (Å²) >= 11 is 0. The molecule has 0 saturated carbocycles. The minimum Gasteiger partial charge on any atom is -0.489 e. The van der Waals surface area contributed by atoms with Crippen LogP contribution in [0.2, 0.25) is 0 Å². The third-order valence-electron chi connectivity index (χ3n) is 4.53. The van der Waals surface area contributed by atoms with Crippen LogP contribution in [0.25, 0.3) is 27.6 Å². The van der Waals surface area contributed by atoms with Crippen LogP contribution in [0.3, 0.4) is 0 Å². The highest BCUT2D eigenvalue weighted by molar-refractivity contribution is 6.22. The van der Waals surface area contributed by atoms with Crippen LogP contribution in [0.5, 0.6) is 5.95 Å². The van der Waals surface area contributed by atoms with Crippen molar-refractivity contribution in [1.29, 1.82) is 0 Å². The van der Waals surface area contributed by atoms with Gasteiger partial charge in [0.25, 0.3) is 11.6 Å². The molecule has 6 heteroatoms. The fourth-order valence-corrected chi connectivity index (χ4v) is 3.11. The standard InChI is InChI=1S/C22H14N2O4/c1-12-3-5-13(6-4-12)19-18(28-22(27)20(19)23-2)10-15-11-24-17-9-14(21(25)26)7-8-16(15)17/h3-11,27H,1H3,(H,25,26)/b15-10-. The first-order chi connectivity index (χ1) is 13.5. The van der Waals surface area contributed by atoms with Crippen LogP contribution >= 0.6 is 0 Å². The van der Waals surface area contributed by atoms with Crippen molar-refractivity contribution in [2.75, 3.05) is 0 Å². The summed E-state index contributed by atoms with van der Waals surface area (Å²) in [7, 11) is 0. The molecule has 136 valence electrons. The van der Waals surface area contributed by atoms with Crippen molar-refractivity contribution in [3.8, 4) is 17.1 Å². The lowest BCUT2D eigenvalue weighted by Crippen LogP contribution is -1.95. The van der Waals surface area contributed by atoms with Gasteiger partial charge in [-0.05, 0) is 30.7 Å². The summed E-state index contributed by atoms with van der Waals surface area (Å²) in [4.78, 5) is 18.8. The molecule has 6 nitrogen and oxygen atoms in total. The lowest BCUT2D eigenvalue weighted by Gasteiger charge is -2.04. The third-order valence-corrected chi connectivity index (χ3v) is 4.53. The molecule has 0 spiro atoms. The summed E-state index contributed by atoms with van der Waals surface area (Å²) in [5, 5.41) is 19.2. The van der Waals surface area contributed by atoms with Crippen molar-refractivity contribution in [2.45, 2.75) is 6.92 Å². The highest BCUT2D eigenvalue weighted by atomic mass is 16.5. The van der Waals surface area contributed by atoms with Crippen molar-refractivity contribution in [1.82, 2.24) is 0 Å². The van der Waals surface area contributed by atoms with Gasteiger partial charge in [0.2, 0.25) is 0 Å². The Kier molecular flexibility index (Phi) is 4.06. The Balaban J connectivity index is 1.85. The number of hydrogen-bond donors (Lipinski definition) is 2. The molecule has 0 radical (unpaired) electrons. The van der Waals surface area contributed by atoms with E-state index in [-0.39, 0.29) is 11.3 Å². The Hall–Kier alpha value is -4.11. The molecule has 1 aliphatic rings. The predicted molar refractivity (Wildman–Crippen MR) is 106 cm³/mol. The molecule has 0 amide bonds. The minimum atomic E-state index is -1.02. The Morgan fingerprint density at radius 1 is 1.21 bits per heavy atom. The van der Waals surface area contributed by atoms with Gasteiger partial charge in [0.15, 0.2) is 0 Å². The number of nitrogens with zero attached hydrogens (tertiary/aromatic N) is 2. The van der Waals surface area contributed by atoms with E-state index < -0.39 is 11.9 Å². The number of furan rings is 1. The molecular weight excluding hydrogens is 356 g/mol. The van der Waals surface area contributed by atoms with E-state index >= 15 is 0 Å². The van der Waals surface area contributed by atoms with Crippen molar-refractivity contribution in [3.63, 3.8) is 0 Å². The Morgan fingerprint density at radius 2 is 1.96 bits per heavy atom. The molecule has 2 N–H and O–H groups in total. The zero-order valence-corrected chi connectivity index (χ0v) is 14.8. The molecule has 4 rings (SSSR count). The lowest BCUT2D eigenvalue weighted by atomic mass is 10.00. The molecule has 1 aliphatic heterocycles. The van der Waals surface area contributed by atoms with Crippen LogP contribution in [0, 0.1) is 13.5 Å². The summed E-state index contributed by atoms with van der Waals surface area (Å²) in [5.74, 6) is -1.12. The summed E-state index contributed by atoms with van der Waals surface area (Å²) in [5.41, 5.74) is 4.53. The Morgan fingerprint density at radius 3 is 2.64 bits per heavy atom. The van der Waals surface area contributed by atoms with Crippen molar-refractivity contribution < 1.29 is 19.4 Å². The number of aromatic hydroxyl groups is 1. The topological polar surface area (TPSA) is 87.4 Å². The molecule has 1 aromatic heterocycles. The summed E-state index contributed by atoms with van der Waals surface area (Å²) in [6.07, 6.45) is 3.30. The maximum absolute atomic E-state index is 11.1. The lowest BCUT2D eigenvalue weighted by molar-refractivity contribution is 0.0697. The smallest absolute Gasteiger partial charge is 0.335 e. The number of benzene rings is 2. The third kappa shape index (κ3) is 2.85. The summed E-state index contributed by atoms with van der Waals surface area (Å²) in [6.45, 7) is 9.36. The highest BCUT2D eigenvalue weighted by Crippen LogP contribution is 2.45. The van der Waals surface area contributed by atoms with E-state index in [9.17, 15) is 9.90 Å². The van der Waals surface area contributed by atoms with E-state index in [0.29, 0.717) is 22.6 Å². The fraction of sp³-hybridized carbons (Fsp3) is 0.0455.